The molecule has 3 nitrogen and oxygen atoms in total. The molecule has 3 heteroatoms. The molecule has 12 rings (SSSR count). The van der Waals surface area contributed by atoms with Crippen LogP contribution < -0.4 is 0 Å². The minimum atomic E-state index is -0.246. The molecule has 11 aromatic rings. The van der Waals surface area contributed by atoms with E-state index in [2.05, 4.69) is 190 Å². The third-order valence-electron chi connectivity index (χ3n) is 13.1. The van der Waals surface area contributed by atoms with E-state index >= 15 is 0 Å². The minimum Gasteiger partial charge on any atom is -0.208 e. The molecule has 0 atom stereocenters. The highest BCUT2D eigenvalue weighted by Crippen LogP contribution is 2.54. The molecule has 1 aliphatic rings. The van der Waals surface area contributed by atoms with Crippen molar-refractivity contribution >= 4 is 32.3 Å². The van der Waals surface area contributed by atoms with E-state index in [1.54, 1.807) is 0 Å². The summed E-state index contributed by atoms with van der Waals surface area (Å²) in [6, 6.07) is 76.3. The van der Waals surface area contributed by atoms with Crippen molar-refractivity contribution in [1.82, 2.24) is 15.0 Å². The first-order chi connectivity index (χ1) is 31.0. The molecule has 63 heavy (non-hydrogen) atoms. The Bertz CT molecular complexity index is 3500. The lowest BCUT2D eigenvalue weighted by Gasteiger charge is -2.24. The van der Waals surface area contributed by atoms with Gasteiger partial charge in [-0.2, -0.15) is 0 Å². The molecule has 0 saturated carbocycles. The van der Waals surface area contributed by atoms with Gasteiger partial charge in [-0.1, -0.05) is 202 Å². The molecule has 0 saturated heterocycles. The first-order valence-electron chi connectivity index (χ1n) is 21.7. The van der Waals surface area contributed by atoms with Gasteiger partial charge >= 0.3 is 0 Å². The summed E-state index contributed by atoms with van der Waals surface area (Å²) in [4.78, 5) is 15.2. The summed E-state index contributed by atoms with van der Waals surface area (Å²) < 4.78 is 0. The fraction of sp³-hybridized carbons (Fsp3) is 0.0500. The first kappa shape index (κ1) is 36.8. The fourth-order valence-electron chi connectivity index (χ4n) is 10.1. The van der Waals surface area contributed by atoms with E-state index < -0.39 is 0 Å². The van der Waals surface area contributed by atoms with Crippen LogP contribution in [0.1, 0.15) is 25.0 Å². The molecule has 0 bridgehead atoms. The molecule has 1 aromatic heterocycles. The highest BCUT2D eigenvalue weighted by Gasteiger charge is 2.37. The summed E-state index contributed by atoms with van der Waals surface area (Å²) in [6.45, 7) is 4.79. The maximum Gasteiger partial charge on any atom is 0.164 e. The molecule has 10 aromatic carbocycles. The number of rotatable bonds is 6. The topological polar surface area (TPSA) is 38.7 Å². The van der Waals surface area contributed by atoms with Gasteiger partial charge in [0.25, 0.3) is 0 Å². The van der Waals surface area contributed by atoms with Crippen molar-refractivity contribution in [3.05, 3.63) is 223 Å². The van der Waals surface area contributed by atoms with E-state index in [1.807, 2.05) is 36.4 Å². The van der Waals surface area contributed by atoms with Crippen molar-refractivity contribution in [2.75, 3.05) is 0 Å². The summed E-state index contributed by atoms with van der Waals surface area (Å²) >= 11 is 0. The standard InChI is InChI=1S/C60H41N3/c1-60(2)53-35-42(43-33-34-49(45-28-16-15-27-44(43)45)59-62-57(40-23-11-5-12-24-40)61-58(63-59)41-25-13-6-14-26-41)31-32-46(53)50-36-51-52(37-54(50)60)56(39-21-9-4-10-22-39)48-30-18-17-29-47(48)55(51)38-19-7-3-8-20-38/h3-37H,1-2H3. The van der Waals surface area contributed by atoms with E-state index in [1.165, 1.54) is 77.2 Å². The average Bonchev–Trinajstić information content (AvgIpc) is 3.57. The smallest absolute Gasteiger partial charge is 0.164 e. The molecule has 296 valence electrons. The molecule has 0 spiro atoms. The Morgan fingerprint density at radius 1 is 0.270 bits per heavy atom. The monoisotopic (exact) mass is 803 g/mol. The summed E-state index contributed by atoms with van der Waals surface area (Å²) in [5.41, 5.74) is 15.3. The van der Waals surface area contributed by atoms with Crippen LogP contribution in [0.25, 0.3) is 111 Å². The zero-order valence-corrected chi connectivity index (χ0v) is 35.0. The number of nitrogens with zero attached hydrogens (tertiary/aromatic N) is 3. The van der Waals surface area contributed by atoms with Gasteiger partial charge in [0.05, 0.1) is 0 Å². The van der Waals surface area contributed by atoms with Gasteiger partial charge in [-0.3, -0.25) is 0 Å². The maximum atomic E-state index is 5.11. The second kappa shape index (κ2) is 14.6. The van der Waals surface area contributed by atoms with Gasteiger partial charge in [0.2, 0.25) is 0 Å². The van der Waals surface area contributed by atoms with Crippen LogP contribution in [-0.2, 0) is 5.41 Å². The first-order valence-corrected chi connectivity index (χ1v) is 21.7. The largest absolute Gasteiger partial charge is 0.208 e. The molecular weight excluding hydrogens is 763 g/mol. The van der Waals surface area contributed by atoms with Crippen LogP contribution in [0.4, 0.5) is 0 Å². The molecule has 0 aliphatic heterocycles. The van der Waals surface area contributed by atoms with Crippen LogP contribution in [0.2, 0.25) is 0 Å². The van der Waals surface area contributed by atoms with E-state index in [0.29, 0.717) is 17.5 Å². The number of aromatic nitrogens is 3. The number of hydrogen-bond donors (Lipinski definition) is 0. The lowest BCUT2D eigenvalue weighted by atomic mass is 9.79. The van der Waals surface area contributed by atoms with Crippen LogP contribution in [0.15, 0.2) is 212 Å². The lowest BCUT2D eigenvalue weighted by Crippen LogP contribution is -2.15. The zero-order chi connectivity index (χ0) is 42.1. The van der Waals surface area contributed by atoms with Crippen molar-refractivity contribution in [3.8, 4) is 78.7 Å². The third-order valence-corrected chi connectivity index (χ3v) is 13.1. The number of benzene rings is 10. The van der Waals surface area contributed by atoms with Gasteiger partial charge in [0.15, 0.2) is 17.5 Å². The summed E-state index contributed by atoms with van der Waals surface area (Å²) in [6.07, 6.45) is 0. The van der Waals surface area contributed by atoms with Gasteiger partial charge in [0, 0.05) is 22.1 Å². The highest BCUT2D eigenvalue weighted by molar-refractivity contribution is 6.22. The Balaban J connectivity index is 1.03. The molecule has 0 amide bonds. The van der Waals surface area contributed by atoms with Gasteiger partial charge in [-0.15, -0.1) is 0 Å². The number of fused-ring (bicyclic) bond motifs is 6. The molecule has 1 heterocycles. The quantitative estimate of drug-likeness (QED) is 0.157. The van der Waals surface area contributed by atoms with Crippen molar-refractivity contribution in [2.24, 2.45) is 0 Å². The Morgan fingerprint density at radius 2 is 0.667 bits per heavy atom. The van der Waals surface area contributed by atoms with Gasteiger partial charge < -0.3 is 0 Å². The molecule has 0 N–H and O–H groups in total. The molecule has 1 aliphatic carbocycles. The van der Waals surface area contributed by atoms with Gasteiger partial charge in [0.1, 0.15) is 0 Å². The van der Waals surface area contributed by atoms with E-state index in [4.69, 9.17) is 15.0 Å². The van der Waals surface area contributed by atoms with Crippen molar-refractivity contribution in [1.29, 1.82) is 0 Å². The zero-order valence-electron chi connectivity index (χ0n) is 35.0. The van der Waals surface area contributed by atoms with Crippen LogP contribution in [0.5, 0.6) is 0 Å². The average molecular weight is 804 g/mol. The van der Waals surface area contributed by atoms with Gasteiger partial charge in [-0.05, 0) is 112 Å². The Hall–Kier alpha value is -8.01. The molecule has 0 radical (unpaired) electrons. The normalized spacial score (nSPS) is 12.7. The Labute approximate surface area is 367 Å². The summed E-state index contributed by atoms with van der Waals surface area (Å²) in [5.74, 6) is 1.96. The van der Waals surface area contributed by atoms with E-state index in [0.717, 1.165) is 27.5 Å². The maximum absolute atomic E-state index is 5.11. The molecule has 0 fully saturated rings. The Morgan fingerprint density at radius 3 is 1.21 bits per heavy atom. The van der Waals surface area contributed by atoms with Crippen molar-refractivity contribution in [2.45, 2.75) is 19.3 Å². The molecule has 0 unspecified atom stereocenters. The number of hydrogen-bond acceptors (Lipinski definition) is 3. The lowest BCUT2D eigenvalue weighted by molar-refractivity contribution is 0.661. The Kier molecular flexibility index (Phi) is 8.52. The second-order valence-electron chi connectivity index (χ2n) is 17.1. The predicted molar refractivity (Wildman–Crippen MR) is 263 cm³/mol. The van der Waals surface area contributed by atoms with Crippen LogP contribution in [-0.4, -0.2) is 15.0 Å². The third kappa shape index (κ3) is 6.00. The van der Waals surface area contributed by atoms with E-state index in [-0.39, 0.29) is 5.41 Å². The minimum absolute atomic E-state index is 0.246. The van der Waals surface area contributed by atoms with Crippen LogP contribution >= 0.6 is 0 Å². The SMILES string of the molecule is CC1(C)c2cc(-c3ccc(-c4nc(-c5ccccc5)nc(-c5ccccc5)n4)c4ccccc34)ccc2-c2cc3c(-c4ccccc4)c4ccccc4c(-c4ccccc4)c3cc21. The molecular formula is C60H41N3. The highest BCUT2D eigenvalue weighted by atomic mass is 15.0. The van der Waals surface area contributed by atoms with Crippen LogP contribution in [0.3, 0.4) is 0 Å². The fourth-order valence-corrected chi connectivity index (χ4v) is 10.1. The van der Waals surface area contributed by atoms with E-state index in [9.17, 15) is 0 Å². The second-order valence-corrected chi connectivity index (χ2v) is 17.1. The predicted octanol–water partition coefficient (Wildman–Crippen LogP) is 15.6. The van der Waals surface area contributed by atoms with Crippen LogP contribution in [0, 0.1) is 0 Å². The van der Waals surface area contributed by atoms with Crippen molar-refractivity contribution < 1.29 is 0 Å². The van der Waals surface area contributed by atoms with Crippen molar-refractivity contribution in [3.63, 3.8) is 0 Å². The summed E-state index contributed by atoms with van der Waals surface area (Å²) in [5, 5.41) is 7.35. The van der Waals surface area contributed by atoms with Gasteiger partial charge in [-0.25, -0.2) is 15.0 Å². The summed E-state index contributed by atoms with van der Waals surface area (Å²) in [7, 11) is 0.